The molecule has 0 amide bonds. The molecule has 0 saturated carbocycles. The van der Waals surface area contributed by atoms with Crippen LogP contribution < -0.4 is 4.90 Å². The Labute approximate surface area is 305 Å². The first-order valence-corrected chi connectivity index (χ1v) is 18.0. The predicted molar refractivity (Wildman–Crippen MR) is 222 cm³/mol. The van der Waals surface area contributed by atoms with Crippen LogP contribution in [0.15, 0.2) is 197 Å². The van der Waals surface area contributed by atoms with E-state index in [1.54, 1.807) is 0 Å². The maximum Gasteiger partial charge on any atom is 0.159 e. The number of benzene rings is 9. The van der Waals surface area contributed by atoms with Crippen molar-refractivity contribution in [2.24, 2.45) is 0 Å². The van der Waals surface area contributed by atoms with E-state index in [2.05, 4.69) is 175 Å². The number of hydrogen-bond donors (Lipinski definition) is 0. The molecule has 0 atom stereocenters. The van der Waals surface area contributed by atoms with E-state index < -0.39 is 0 Å². The second-order valence-electron chi connectivity index (χ2n) is 13.6. The van der Waals surface area contributed by atoms with Crippen LogP contribution in [0.25, 0.3) is 87.7 Å². The van der Waals surface area contributed by atoms with Gasteiger partial charge in [0.05, 0.1) is 17.1 Å². The van der Waals surface area contributed by atoms with Gasteiger partial charge in [-0.25, -0.2) is 0 Å². The highest BCUT2D eigenvalue weighted by atomic mass is 16.3. The molecule has 0 fully saturated rings. The average molecular weight is 678 g/mol. The zero-order valence-electron chi connectivity index (χ0n) is 28.7. The summed E-state index contributed by atoms with van der Waals surface area (Å²) >= 11 is 0. The molecule has 2 aromatic heterocycles. The molecule has 3 heteroatoms. The molecule has 3 nitrogen and oxygen atoms in total. The first kappa shape index (κ1) is 29.6. The molecule has 0 aliphatic heterocycles. The fraction of sp³-hybridized carbons (Fsp3) is 0. The largest absolute Gasteiger partial charge is 0.456 e. The molecule has 2 heterocycles. The van der Waals surface area contributed by atoms with Crippen molar-refractivity contribution in [1.82, 2.24) is 0 Å². The minimum Gasteiger partial charge on any atom is -0.456 e. The summed E-state index contributed by atoms with van der Waals surface area (Å²) in [6.07, 6.45) is 0. The Hall–Kier alpha value is -7.10. The smallest absolute Gasteiger partial charge is 0.159 e. The fourth-order valence-electron chi connectivity index (χ4n) is 8.43. The van der Waals surface area contributed by atoms with Gasteiger partial charge in [-0.3, -0.25) is 0 Å². The average Bonchev–Trinajstić information content (AvgIpc) is 3.81. The standard InChI is InChI=1S/C50H31NO2/c1-2-16-32(17-3-1)47-37-22-6-4-18-33(37)34-19-5-7-23-39(34)49(47)51(43-28-14-26-40-36-21-9-12-29-44(36)53-50(40)43)42-27-11-8-20-35(42)38-25-15-31-46-48(38)41-24-10-13-30-45(41)52-46/h1-31H. The number of hydrogen-bond acceptors (Lipinski definition) is 3. The summed E-state index contributed by atoms with van der Waals surface area (Å²) in [7, 11) is 0. The second kappa shape index (κ2) is 11.7. The van der Waals surface area contributed by atoms with Crippen molar-refractivity contribution in [3.63, 3.8) is 0 Å². The van der Waals surface area contributed by atoms with Crippen molar-refractivity contribution in [3.05, 3.63) is 188 Å². The SMILES string of the molecule is c1ccc(-c2c(N(c3ccccc3-c3cccc4oc5ccccc5c34)c3cccc4c3oc3ccccc34)c3ccccc3c3ccccc23)cc1. The van der Waals surface area contributed by atoms with Gasteiger partial charge in [0.15, 0.2) is 5.58 Å². The Morgan fingerprint density at radius 3 is 1.66 bits per heavy atom. The van der Waals surface area contributed by atoms with Crippen molar-refractivity contribution >= 4 is 82.5 Å². The van der Waals surface area contributed by atoms with E-state index in [-0.39, 0.29) is 0 Å². The monoisotopic (exact) mass is 677 g/mol. The second-order valence-corrected chi connectivity index (χ2v) is 13.6. The molecule has 11 rings (SSSR count). The molecule has 53 heavy (non-hydrogen) atoms. The molecule has 0 bridgehead atoms. The summed E-state index contributed by atoms with van der Waals surface area (Å²) in [5.74, 6) is 0. The van der Waals surface area contributed by atoms with E-state index in [1.807, 2.05) is 18.2 Å². The van der Waals surface area contributed by atoms with E-state index in [4.69, 9.17) is 8.83 Å². The van der Waals surface area contributed by atoms with Crippen LogP contribution in [0, 0.1) is 0 Å². The number of rotatable bonds is 5. The molecule has 0 unspecified atom stereocenters. The van der Waals surface area contributed by atoms with Crippen LogP contribution in [0.1, 0.15) is 0 Å². The van der Waals surface area contributed by atoms with Crippen LogP contribution in [0.3, 0.4) is 0 Å². The Kier molecular flexibility index (Phi) is 6.55. The van der Waals surface area contributed by atoms with Crippen LogP contribution in [0.5, 0.6) is 0 Å². The highest BCUT2D eigenvalue weighted by molar-refractivity contribution is 6.24. The molecule has 11 aromatic rings. The van der Waals surface area contributed by atoms with Crippen LogP contribution in [0.2, 0.25) is 0 Å². The first-order valence-electron chi connectivity index (χ1n) is 18.0. The Morgan fingerprint density at radius 1 is 0.321 bits per heavy atom. The number of furan rings is 2. The molecule has 0 aliphatic carbocycles. The van der Waals surface area contributed by atoms with Gasteiger partial charge in [-0.05, 0) is 57.6 Å². The van der Waals surface area contributed by atoms with Crippen LogP contribution in [0.4, 0.5) is 17.1 Å². The maximum atomic E-state index is 6.86. The molecule has 9 aromatic carbocycles. The summed E-state index contributed by atoms with van der Waals surface area (Å²) in [4.78, 5) is 2.46. The summed E-state index contributed by atoms with van der Waals surface area (Å²) < 4.78 is 13.3. The van der Waals surface area contributed by atoms with E-state index in [9.17, 15) is 0 Å². The highest BCUT2D eigenvalue weighted by Crippen LogP contribution is 2.53. The van der Waals surface area contributed by atoms with Gasteiger partial charge in [0.25, 0.3) is 0 Å². The Morgan fingerprint density at radius 2 is 0.849 bits per heavy atom. The van der Waals surface area contributed by atoms with Crippen molar-refractivity contribution in [2.45, 2.75) is 0 Å². The first-order chi connectivity index (χ1) is 26.3. The lowest BCUT2D eigenvalue weighted by Crippen LogP contribution is -2.14. The van der Waals surface area contributed by atoms with Crippen LogP contribution in [-0.4, -0.2) is 0 Å². The zero-order chi connectivity index (χ0) is 34.9. The number of nitrogens with zero attached hydrogens (tertiary/aromatic N) is 1. The van der Waals surface area contributed by atoms with Crippen molar-refractivity contribution in [3.8, 4) is 22.3 Å². The van der Waals surface area contributed by atoms with Gasteiger partial charge < -0.3 is 13.7 Å². The summed E-state index contributed by atoms with van der Waals surface area (Å²) in [5.41, 5.74) is 11.1. The van der Waals surface area contributed by atoms with Gasteiger partial charge in [-0.2, -0.15) is 0 Å². The summed E-state index contributed by atoms with van der Waals surface area (Å²) in [5, 5.41) is 9.13. The molecular formula is C50H31NO2. The van der Waals surface area contributed by atoms with Gasteiger partial charge in [0.2, 0.25) is 0 Å². The topological polar surface area (TPSA) is 29.5 Å². The quantitative estimate of drug-likeness (QED) is 0.170. The summed E-state index contributed by atoms with van der Waals surface area (Å²) in [6, 6.07) is 66.7. The van der Waals surface area contributed by atoms with E-state index in [1.165, 1.54) is 16.2 Å². The van der Waals surface area contributed by atoms with E-state index >= 15 is 0 Å². The third-order valence-electron chi connectivity index (χ3n) is 10.7. The third kappa shape index (κ3) is 4.47. The van der Waals surface area contributed by atoms with Gasteiger partial charge in [-0.15, -0.1) is 0 Å². The van der Waals surface area contributed by atoms with Crippen LogP contribution >= 0.6 is 0 Å². The van der Waals surface area contributed by atoms with Gasteiger partial charge in [0.1, 0.15) is 16.7 Å². The maximum absolute atomic E-state index is 6.86. The van der Waals surface area contributed by atoms with Crippen molar-refractivity contribution in [2.75, 3.05) is 4.90 Å². The lowest BCUT2D eigenvalue weighted by molar-refractivity contribution is 0.668. The predicted octanol–water partition coefficient (Wildman–Crippen LogP) is 14.6. The lowest BCUT2D eigenvalue weighted by Gasteiger charge is -2.32. The van der Waals surface area contributed by atoms with Crippen molar-refractivity contribution < 1.29 is 8.83 Å². The van der Waals surface area contributed by atoms with Crippen LogP contribution in [-0.2, 0) is 0 Å². The van der Waals surface area contributed by atoms with Gasteiger partial charge in [0, 0.05) is 38.1 Å². The van der Waals surface area contributed by atoms with E-state index in [0.717, 1.165) is 88.6 Å². The number of anilines is 3. The van der Waals surface area contributed by atoms with Crippen molar-refractivity contribution in [1.29, 1.82) is 0 Å². The number of fused-ring (bicyclic) bond motifs is 9. The van der Waals surface area contributed by atoms with Gasteiger partial charge >= 0.3 is 0 Å². The summed E-state index contributed by atoms with van der Waals surface area (Å²) in [6.45, 7) is 0. The van der Waals surface area contributed by atoms with Gasteiger partial charge in [-0.1, -0.05) is 158 Å². The zero-order valence-corrected chi connectivity index (χ0v) is 28.7. The minimum absolute atomic E-state index is 0.840. The molecule has 0 radical (unpaired) electrons. The van der Waals surface area contributed by atoms with E-state index in [0.29, 0.717) is 0 Å². The minimum atomic E-state index is 0.840. The fourth-order valence-corrected chi connectivity index (χ4v) is 8.43. The highest BCUT2D eigenvalue weighted by Gasteiger charge is 2.28. The Balaban J connectivity index is 1.34. The molecule has 0 aliphatic rings. The molecule has 0 saturated heterocycles. The normalized spacial score (nSPS) is 11.8. The molecular weight excluding hydrogens is 647 g/mol. The lowest BCUT2D eigenvalue weighted by atomic mass is 9.89. The molecule has 248 valence electrons. The molecule has 0 N–H and O–H groups in total. The third-order valence-corrected chi connectivity index (χ3v) is 10.7. The Bertz CT molecular complexity index is 3190. The number of para-hydroxylation sites is 4. The molecule has 0 spiro atoms.